The summed E-state index contributed by atoms with van der Waals surface area (Å²) >= 11 is 1.90. The van der Waals surface area contributed by atoms with Gasteiger partial charge in [0.2, 0.25) is 0 Å². The molecule has 96 valence electrons. The predicted octanol–water partition coefficient (Wildman–Crippen LogP) is 3.07. The highest BCUT2D eigenvalue weighted by atomic mass is 32.1. The summed E-state index contributed by atoms with van der Waals surface area (Å²) in [5, 5.41) is 7.33. The van der Waals surface area contributed by atoms with Crippen LogP contribution in [-0.2, 0) is 6.54 Å². The zero-order valence-corrected chi connectivity index (χ0v) is 11.8. The van der Waals surface area contributed by atoms with E-state index in [0.717, 1.165) is 13.1 Å². The van der Waals surface area contributed by atoms with E-state index >= 15 is 0 Å². The van der Waals surface area contributed by atoms with Crippen LogP contribution in [0.2, 0.25) is 0 Å². The summed E-state index contributed by atoms with van der Waals surface area (Å²) in [6.07, 6.45) is 5.23. The maximum absolute atomic E-state index is 3.70. The van der Waals surface area contributed by atoms with E-state index in [1.165, 1.54) is 42.0 Å². The van der Waals surface area contributed by atoms with Crippen molar-refractivity contribution >= 4 is 11.3 Å². The molecule has 1 aliphatic rings. The first-order valence-electron chi connectivity index (χ1n) is 6.75. The quantitative estimate of drug-likeness (QED) is 0.813. The summed E-state index contributed by atoms with van der Waals surface area (Å²) < 4.78 is 0. The van der Waals surface area contributed by atoms with Crippen LogP contribution in [0.25, 0.3) is 0 Å². The Bertz CT molecular complexity index is 340. The van der Waals surface area contributed by atoms with E-state index in [2.05, 4.69) is 36.6 Å². The molecule has 2 heterocycles. The van der Waals surface area contributed by atoms with E-state index in [9.17, 15) is 0 Å². The summed E-state index contributed by atoms with van der Waals surface area (Å²) in [6, 6.07) is 4.44. The van der Waals surface area contributed by atoms with Gasteiger partial charge in [-0.25, -0.2) is 0 Å². The average Bonchev–Trinajstić information content (AvgIpc) is 2.90. The Balaban J connectivity index is 1.79. The van der Waals surface area contributed by atoms with Gasteiger partial charge in [0.25, 0.3) is 0 Å². The summed E-state index contributed by atoms with van der Waals surface area (Å²) in [5.74, 6) is 0. The van der Waals surface area contributed by atoms with Crippen LogP contribution < -0.4 is 10.6 Å². The monoisotopic (exact) mass is 252 g/mol. The van der Waals surface area contributed by atoms with Crippen LogP contribution in [0.1, 0.15) is 42.4 Å². The molecule has 1 saturated heterocycles. The Morgan fingerprint density at radius 1 is 1.47 bits per heavy atom. The minimum Gasteiger partial charge on any atom is -0.310 e. The second kappa shape index (κ2) is 5.98. The van der Waals surface area contributed by atoms with Crippen molar-refractivity contribution in [2.45, 2.75) is 51.6 Å². The van der Waals surface area contributed by atoms with Gasteiger partial charge >= 0.3 is 0 Å². The molecule has 1 fully saturated rings. The number of aryl methyl sites for hydroxylation is 1. The zero-order chi connectivity index (χ0) is 12.1. The van der Waals surface area contributed by atoms with E-state index in [1.807, 2.05) is 11.3 Å². The minimum atomic E-state index is 0.376. The van der Waals surface area contributed by atoms with E-state index < -0.39 is 0 Å². The van der Waals surface area contributed by atoms with Crippen LogP contribution in [0.15, 0.2) is 12.1 Å². The molecule has 3 heteroatoms. The molecule has 0 amide bonds. The summed E-state index contributed by atoms with van der Waals surface area (Å²) in [5.41, 5.74) is 0.376. The topological polar surface area (TPSA) is 24.1 Å². The summed E-state index contributed by atoms with van der Waals surface area (Å²) in [6.45, 7) is 7.78. The van der Waals surface area contributed by atoms with Crippen molar-refractivity contribution < 1.29 is 0 Å². The largest absolute Gasteiger partial charge is 0.310 e. The third-order valence-electron chi connectivity index (χ3n) is 3.62. The van der Waals surface area contributed by atoms with Crippen LogP contribution in [0.3, 0.4) is 0 Å². The Labute approximate surface area is 109 Å². The number of hydrogen-bond acceptors (Lipinski definition) is 3. The lowest BCUT2D eigenvalue weighted by Crippen LogP contribution is -2.48. The average molecular weight is 252 g/mol. The lowest BCUT2D eigenvalue weighted by atomic mass is 9.92. The highest BCUT2D eigenvalue weighted by molar-refractivity contribution is 7.11. The fourth-order valence-corrected chi connectivity index (χ4v) is 3.67. The smallest absolute Gasteiger partial charge is 0.0306 e. The summed E-state index contributed by atoms with van der Waals surface area (Å²) in [4.78, 5) is 2.86. The van der Waals surface area contributed by atoms with E-state index in [-0.39, 0.29) is 0 Å². The lowest BCUT2D eigenvalue weighted by Gasteiger charge is -2.29. The molecule has 1 aromatic heterocycles. The fourth-order valence-electron chi connectivity index (χ4n) is 2.81. The molecule has 0 aromatic carbocycles. The molecule has 1 aromatic rings. The maximum atomic E-state index is 3.70. The van der Waals surface area contributed by atoms with Gasteiger partial charge in [-0.15, -0.1) is 11.3 Å². The first-order chi connectivity index (χ1) is 8.24. The molecule has 17 heavy (non-hydrogen) atoms. The van der Waals surface area contributed by atoms with Crippen LogP contribution in [0.4, 0.5) is 0 Å². The fraction of sp³-hybridized carbons (Fsp3) is 0.714. The number of hydrogen-bond donors (Lipinski definition) is 2. The van der Waals surface area contributed by atoms with E-state index in [1.54, 1.807) is 0 Å². The lowest BCUT2D eigenvalue weighted by molar-refractivity contribution is 0.325. The molecule has 1 atom stereocenters. The number of nitrogens with one attached hydrogen (secondary N) is 2. The Morgan fingerprint density at radius 2 is 2.35 bits per heavy atom. The highest BCUT2D eigenvalue weighted by Crippen LogP contribution is 2.24. The minimum absolute atomic E-state index is 0.376. The van der Waals surface area contributed by atoms with Crippen LogP contribution >= 0.6 is 11.3 Å². The molecule has 2 N–H and O–H groups in total. The SMILES string of the molecule is CCCC1(CNCc2ccc(C)s2)CCCN1. The molecule has 0 aliphatic carbocycles. The van der Waals surface area contributed by atoms with Gasteiger partial charge < -0.3 is 10.6 Å². The van der Waals surface area contributed by atoms with Crippen LogP contribution in [0, 0.1) is 6.92 Å². The maximum Gasteiger partial charge on any atom is 0.0306 e. The zero-order valence-electron chi connectivity index (χ0n) is 11.0. The van der Waals surface area contributed by atoms with Crippen LogP contribution in [0.5, 0.6) is 0 Å². The van der Waals surface area contributed by atoms with Crippen LogP contribution in [-0.4, -0.2) is 18.6 Å². The van der Waals surface area contributed by atoms with Crippen molar-refractivity contribution in [1.29, 1.82) is 0 Å². The molecule has 1 unspecified atom stereocenters. The van der Waals surface area contributed by atoms with Gasteiger partial charge in [0.15, 0.2) is 0 Å². The molecule has 1 aliphatic heterocycles. The van der Waals surface area contributed by atoms with Gasteiger partial charge in [-0.05, 0) is 44.9 Å². The van der Waals surface area contributed by atoms with Crippen molar-refractivity contribution in [3.8, 4) is 0 Å². The summed E-state index contributed by atoms with van der Waals surface area (Å²) in [7, 11) is 0. The molecular weight excluding hydrogens is 228 g/mol. The third-order valence-corrected chi connectivity index (χ3v) is 4.62. The first kappa shape index (κ1) is 13.1. The molecular formula is C14H24N2S. The van der Waals surface area contributed by atoms with Gasteiger partial charge in [0.05, 0.1) is 0 Å². The van der Waals surface area contributed by atoms with Gasteiger partial charge in [-0.2, -0.15) is 0 Å². The molecule has 0 saturated carbocycles. The molecule has 2 nitrogen and oxygen atoms in total. The highest BCUT2D eigenvalue weighted by Gasteiger charge is 2.31. The molecule has 0 bridgehead atoms. The Morgan fingerprint density at radius 3 is 2.94 bits per heavy atom. The Hall–Kier alpha value is -0.380. The Kier molecular flexibility index (Phi) is 4.60. The van der Waals surface area contributed by atoms with Gasteiger partial charge in [0, 0.05) is 28.4 Å². The van der Waals surface area contributed by atoms with Crippen molar-refractivity contribution in [3.05, 3.63) is 21.9 Å². The normalized spacial score (nSPS) is 24.4. The van der Waals surface area contributed by atoms with Crippen molar-refractivity contribution in [2.75, 3.05) is 13.1 Å². The first-order valence-corrected chi connectivity index (χ1v) is 7.57. The molecule has 2 rings (SSSR count). The number of thiophene rings is 1. The third kappa shape index (κ3) is 3.54. The number of rotatable bonds is 6. The van der Waals surface area contributed by atoms with Crippen molar-refractivity contribution in [3.63, 3.8) is 0 Å². The standard InChI is InChI=1S/C14H24N2S/c1-3-7-14(8-4-9-16-14)11-15-10-13-6-5-12(2)17-13/h5-6,15-16H,3-4,7-11H2,1-2H3. The second-order valence-electron chi connectivity index (χ2n) is 5.18. The van der Waals surface area contributed by atoms with Crippen molar-refractivity contribution in [2.24, 2.45) is 0 Å². The van der Waals surface area contributed by atoms with Gasteiger partial charge in [0.1, 0.15) is 0 Å². The van der Waals surface area contributed by atoms with E-state index in [0.29, 0.717) is 5.54 Å². The molecule has 0 radical (unpaired) electrons. The predicted molar refractivity (Wildman–Crippen MR) is 75.6 cm³/mol. The molecule has 0 spiro atoms. The second-order valence-corrected chi connectivity index (χ2v) is 6.55. The van der Waals surface area contributed by atoms with Crippen molar-refractivity contribution in [1.82, 2.24) is 10.6 Å². The van der Waals surface area contributed by atoms with E-state index in [4.69, 9.17) is 0 Å². The van der Waals surface area contributed by atoms with Gasteiger partial charge in [-0.1, -0.05) is 13.3 Å². The van der Waals surface area contributed by atoms with Gasteiger partial charge in [-0.3, -0.25) is 0 Å².